The average molecular weight is 241 g/mol. The molecule has 3 rings (SSSR count). The lowest BCUT2D eigenvalue weighted by molar-refractivity contribution is 0.420. The van der Waals surface area contributed by atoms with Gasteiger partial charge in [0.25, 0.3) is 0 Å². The summed E-state index contributed by atoms with van der Waals surface area (Å²) in [4.78, 5) is 4.63. The van der Waals surface area contributed by atoms with Gasteiger partial charge in [-0.05, 0) is 18.7 Å². The molecule has 0 amide bonds. The van der Waals surface area contributed by atoms with Crippen LogP contribution in [0.2, 0.25) is 0 Å². The van der Waals surface area contributed by atoms with Gasteiger partial charge in [0.15, 0.2) is 0 Å². The zero-order valence-corrected chi connectivity index (χ0v) is 10.3. The number of aromatic nitrogens is 2. The number of fused-ring (bicyclic) bond motifs is 3. The van der Waals surface area contributed by atoms with Crippen molar-refractivity contribution in [3.63, 3.8) is 0 Å². The van der Waals surface area contributed by atoms with Gasteiger partial charge in [-0.3, -0.25) is 0 Å². The van der Waals surface area contributed by atoms with E-state index in [1.54, 1.807) is 7.11 Å². The first-order valence-corrected chi connectivity index (χ1v) is 5.97. The SMILES string of the molecule is COc1cccc2c1ccn1cc(CCN)nc21. The molecule has 18 heavy (non-hydrogen) atoms. The summed E-state index contributed by atoms with van der Waals surface area (Å²) in [7, 11) is 1.68. The first-order valence-electron chi connectivity index (χ1n) is 5.97. The number of imidazole rings is 1. The Morgan fingerprint density at radius 3 is 2.94 bits per heavy atom. The highest BCUT2D eigenvalue weighted by atomic mass is 16.5. The molecule has 92 valence electrons. The van der Waals surface area contributed by atoms with Crippen molar-refractivity contribution in [2.75, 3.05) is 13.7 Å². The van der Waals surface area contributed by atoms with Crippen LogP contribution >= 0.6 is 0 Å². The third-order valence-corrected chi connectivity index (χ3v) is 3.11. The summed E-state index contributed by atoms with van der Waals surface area (Å²) in [5.74, 6) is 0.873. The molecule has 0 spiro atoms. The van der Waals surface area contributed by atoms with Crippen LogP contribution < -0.4 is 10.5 Å². The summed E-state index contributed by atoms with van der Waals surface area (Å²) in [6.45, 7) is 0.616. The van der Waals surface area contributed by atoms with Crippen LogP contribution in [0, 0.1) is 0 Å². The van der Waals surface area contributed by atoms with Crippen LogP contribution in [0.4, 0.5) is 0 Å². The third-order valence-electron chi connectivity index (χ3n) is 3.11. The number of benzene rings is 1. The van der Waals surface area contributed by atoms with Gasteiger partial charge in [-0.1, -0.05) is 12.1 Å². The molecule has 3 aromatic rings. The fraction of sp³-hybridized carbons (Fsp3) is 0.214. The number of hydrogen-bond acceptors (Lipinski definition) is 3. The summed E-state index contributed by atoms with van der Waals surface area (Å²) in [6.07, 6.45) is 4.83. The van der Waals surface area contributed by atoms with Gasteiger partial charge < -0.3 is 14.9 Å². The van der Waals surface area contributed by atoms with Crippen molar-refractivity contribution in [2.45, 2.75) is 6.42 Å². The second kappa shape index (κ2) is 4.31. The van der Waals surface area contributed by atoms with Crippen LogP contribution in [0.3, 0.4) is 0 Å². The van der Waals surface area contributed by atoms with E-state index in [-0.39, 0.29) is 0 Å². The average Bonchev–Trinajstić information content (AvgIpc) is 2.81. The van der Waals surface area contributed by atoms with Gasteiger partial charge in [-0.25, -0.2) is 4.98 Å². The van der Waals surface area contributed by atoms with Crippen molar-refractivity contribution in [3.05, 3.63) is 42.4 Å². The molecule has 4 nitrogen and oxygen atoms in total. The molecule has 0 aliphatic heterocycles. The van der Waals surface area contributed by atoms with Crippen LogP contribution in [-0.4, -0.2) is 23.0 Å². The Morgan fingerprint density at radius 2 is 2.17 bits per heavy atom. The van der Waals surface area contributed by atoms with Crippen molar-refractivity contribution < 1.29 is 4.74 Å². The number of methoxy groups -OCH3 is 1. The second-order valence-corrected chi connectivity index (χ2v) is 4.24. The molecule has 0 atom stereocenters. The number of ether oxygens (including phenoxy) is 1. The van der Waals surface area contributed by atoms with Gasteiger partial charge in [-0.2, -0.15) is 0 Å². The minimum Gasteiger partial charge on any atom is -0.496 e. The molecular weight excluding hydrogens is 226 g/mol. The molecule has 0 fully saturated rings. The fourth-order valence-corrected chi connectivity index (χ4v) is 2.27. The fourth-order valence-electron chi connectivity index (χ4n) is 2.27. The Morgan fingerprint density at radius 1 is 1.28 bits per heavy atom. The number of hydrogen-bond donors (Lipinski definition) is 1. The maximum atomic E-state index is 5.57. The van der Waals surface area contributed by atoms with Crippen LogP contribution in [0.5, 0.6) is 5.75 Å². The molecule has 0 saturated carbocycles. The molecule has 2 aromatic heterocycles. The van der Waals surface area contributed by atoms with E-state index in [2.05, 4.69) is 17.1 Å². The highest BCUT2D eigenvalue weighted by molar-refractivity contribution is 5.97. The lowest BCUT2D eigenvalue weighted by Crippen LogP contribution is -2.02. The Hall–Kier alpha value is -2.07. The molecule has 0 radical (unpaired) electrons. The number of pyridine rings is 1. The molecule has 4 heteroatoms. The first-order chi connectivity index (χ1) is 8.83. The summed E-state index contributed by atoms with van der Waals surface area (Å²) in [5, 5.41) is 2.18. The zero-order chi connectivity index (χ0) is 12.5. The lowest BCUT2D eigenvalue weighted by Gasteiger charge is -2.05. The Balaban J connectivity index is 2.31. The van der Waals surface area contributed by atoms with Crippen molar-refractivity contribution in [3.8, 4) is 5.75 Å². The molecule has 2 heterocycles. The van der Waals surface area contributed by atoms with E-state index in [1.807, 2.05) is 28.9 Å². The van der Waals surface area contributed by atoms with E-state index in [0.717, 1.165) is 34.3 Å². The highest BCUT2D eigenvalue weighted by Gasteiger charge is 2.07. The standard InChI is InChI=1S/C14H15N3O/c1-18-13-4-2-3-12-11(13)6-8-17-9-10(5-7-15)16-14(12)17/h2-4,6,8-9H,5,7,15H2,1H3. The van der Waals surface area contributed by atoms with Gasteiger partial charge >= 0.3 is 0 Å². The van der Waals surface area contributed by atoms with Crippen LogP contribution in [0.15, 0.2) is 36.7 Å². The van der Waals surface area contributed by atoms with Crippen LogP contribution in [0.1, 0.15) is 5.69 Å². The number of rotatable bonds is 3. The minimum atomic E-state index is 0.616. The quantitative estimate of drug-likeness (QED) is 0.763. The summed E-state index contributed by atoms with van der Waals surface area (Å²) >= 11 is 0. The monoisotopic (exact) mass is 241 g/mol. The molecule has 0 aliphatic carbocycles. The van der Waals surface area contributed by atoms with Crippen LogP contribution in [-0.2, 0) is 6.42 Å². The molecule has 2 N–H and O–H groups in total. The van der Waals surface area contributed by atoms with Gasteiger partial charge in [0, 0.05) is 29.6 Å². The summed E-state index contributed by atoms with van der Waals surface area (Å²) in [5.41, 5.74) is 7.55. The Kier molecular flexibility index (Phi) is 2.64. The molecule has 1 aromatic carbocycles. The molecule has 0 aliphatic rings. The highest BCUT2D eigenvalue weighted by Crippen LogP contribution is 2.27. The van der Waals surface area contributed by atoms with Crippen molar-refractivity contribution in [2.24, 2.45) is 5.73 Å². The number of nitrogens with two attached hydrogens (primary N) is 1. The normalized spacial score (nSPS) is 11.2. The largest absolute Gasteiger partial charge is 0.496 e. The van der Waals surface area contributed by atoms with E-state index < -0.39 is 0 Å². The summed E-state index contributed by atoms with van der Waals surface area (Å²) in [6, 6.07) is 8.06. The third kappa shape index (κ3) is 1.62. The molecule has 0 unspecified atom stereocenters. The van der Waals surface area contributed by atoms with Gasteiger partial charge in [-0.15, -0.1) is 0 Å². The van der Waals surface area contributed by atoms with Gasteiger partial charge in [0.2, 0.25) is 0 Å². The van der Waals surface area contributed by atoms with E-state index in [1.165, 1.54) is 0 Å². The maximum Gasteiger partial charge on any atom is 0.145 e. The van der Waals surface area contributed by atoms with Crippen molar-refractivity contribution >= 4 is 16.4 Å². The van der Waals surface area contributed by atoms with Crippen LogP contribution in [0.25, 0.3) is 16.4 Å². The van der Waals surface area contributed by atoms with E-state index >= 15 is 0 Å². The lowest BCUT2D eigenvalue weighted by atomic mass is 10.1. The van der Waals surface area contributed by atoms with Gasteiger partial charge in [0.05, 0.1) is 12.8 Å². The van der Waals surface area contributed by atoms with E-state index in [0.29, 0.717) is 6.54 Å². The van der Waals surface area contributed by atoms with E-state index in [4.69, 9.17) is 10.5 Å². The van der Waals surface area contributed by atoms with Gasteiger partial charge in [0.1, 0.15) is 11.4 Å². The second-order valence-electron chi connectivity index (χ2n) is 4.24. The van der Waals surface area contributed by atoms with Crippen molar-refractivity contribution in [1.29, 1.82) is 0 Å². The summed E-state index contributed by atoms with van der Waals surface area (Å²) < 4.78 is 7.41. The Labute approximate surface area is 105 Å². The molecular formula is C14H15N3O. The Bertz CT molecular complexity index is 703. The predicted octanol–water partition coefficient (Wildman–Crippen LogP) is 2.00. The topological polar surface area (TPSA) is 52.5 Å². The zero-order valence-electron chi connectivity index (χ0n) is 10.3. The first kappa shape index (κ1) is 11.0. The minimum absolute atomic E-state index is 0.616. The van der Waals surface area contributed by atoms with E-state index in [9.17, 15) is 0 Å². The maximum absolute atomic E-state index is 5.57. The molecule has 0 saturated heterocycles. The van der Waals surface area contributed by atoms with Crippen molar-refractivity contribution in [1.82, 2.24) is 9.38 Å². The molecule has 0 bridgehead atoms. The number of nitrogens with zero attached hydrogens (tertiary/aromatic N) is 2. The predicted molar refractivity (Wildman–Crippen MR) is 72.0 cm³/mol. The smallest absolute Gasteiger partial charge is 0.145 e.